The minimum atomic E-state index is -0.800. The highest BCUT2D eigenvalue weighted by Crippen LogP contribution is 2.47. The van der Waals surface area contributed by atoms with E-state index in [1.54, 1.807) is 17.9 Å². The van der Waals surface area contributed by atoms with Crippen molar-refractivity contribution in [3.05, 3.63) is 23.3 Å². The fraction of sp³-hybridized carbons (Fsp3) is 0.609. The minimum absolute atomic E-state index is 0.0515. The molecule has 1 unspecified atom stereocenters. The van der Waals surface area contributed by atoms with Gasteiger partial charge >= 0.3 is 0 Å². The average molecular weight is 429 g/mol. The quantitative estimate of drug-likeness (QED) is 0.640. The number of anilines is 1. The third-order valence-electron chi connectivity index (χ3n) is 6.55. The number of nitrogens with one attached hydrogen (secondary N) is 3. The first-order chi connectivity index (χ1) is 14.9. The summed E-state index contributed by atoms with van der Waals surface area (Å²) in [6, 6.07) is 3.74. The molecule has 1 atom stereocenters. The lowest BCUT2D eigenvalue weighted by molar-refractivity contribution is -0.143. The largest absolute Gasteiger partial charge is 0.475 e. The highest BCUT2D eigenvalue weighted by Gasteiger charge is 2.52. The van der Waals surface area contributed by atoms with Crippen LogP contribution in [0.25, 0.3) is 0 Å². The zero-order chi connectivity index (χ0) is 22.0. The third kappa shape index (κ3) is 4.26. The van der Waals surface area contributed by atoms with Gasteiger partial charge in [0.15, 0.2) is 5.60 Å². The Morgan fingerprint density at radius 2 is 2.10 bits per heavy atom. The van der Waals surface area contributed by atoms with Gasteiger partial charge in [0.1, 0.15) is 5.75 Å². The van der Waals surface area contributed by atoms with Crippen molar-refractivity contribution >= 4 is 23.4 Å². The molecule has 8 nitrogen and oxygen atoms in total. The zero-order valence-electron chi connectivity index (χ0n) is 18.4. The summed E-state index contributed by atoms with van der Waals surface area (Å²) in [4.78, 5) is 39.6. The van der Waals surface area contributed by atoms with E-state index in [9.17, 15) is 14.4 Å². The molecule has 3 aliphatic rings. The summed E-state index contributed by atoms with van der Waals surface area (Å²) in [7, 11) is 0. The maximum Gasteiger partial charge on any atom is 0.271 e. The second-order valence-corrected chi connectivity index (χ2v) is 8.76. The second-order valence-electron chi connectivity index (χ2n) is 8.76. The zero-order valence-corrected chi connectivity index (χ0v) is 18.4. The molecule has 2 fully saturated rings. The van der Waals surface area contributed by atoms with Gasteiger partial charge in [-0.2, -0.15) is 0 Å². The summed E-state index contributed by atoms with van der Waals surface area (Å²) >= 11 is 0. The van der Waals surface area contributed by atoms with E-state index in [1.807, 2.05) is 13.0 Å². The number of ether oxygens (including phenoxy) is 1. The number of fused-ring (bicyclic) bond motifs is 1. The lowest BCUT2D eigenvalue weighted by Gasteiger charge is -2.47. The van der Waals surface area contributed by atoms with Crippen molar-refractivity contribution in [2.75, 3.05) is 31.1 Å². The Morgan fingerprint density at radius 3 is 2.74 bits per heavy atom. The van der Waals surface area contributed by atoms with Gasteiger partial charge in [-0.3, -0.25) is 14.4 Å². The fourth-order valence-electron chi connectivity index (χ4n) is 4.52. The minimum Gasteiger partial charge on any atom is -0.475 e. The number of carbonyl (C=O) groups excluding carboxylic acids is 3. The van der Waals surface area contributed by atoms with Crippen LogP contribution in [0.2, 0.25) is 0 Å². The molecule has 0 bridgehead atoms. The Labute approximate surface area is 183 Å². The van der Waals surface area contributed by atoms with E-state index in [-0.39, 0.29) is 23.8 Å². The first-order valence-electron chi connectivity index (χ1n) is 11.4. The van der Waals surface area contributed by atoms with E-state index in [1.165, 1.54) is 0 Å². The molecule has 1 saturated carbocycles. The molecule has 1 aromatic rings. The summed E-state index contributed by atoms with van der Waals surface area (Å²) in [5.41, 5.74) is 1.17. The molecule has 0 aromatic heterocycles. The van der Waals surface area contributed by atoms with Crippen LogP contribution in [-0.2, 0) is 9.59 Å². The number of aryl methyl sites for hydroxylation is 1. The van der Waals surface area contributed by atoms with Gasteiger partial charge in [0.2, 0.25) is 5.91 Å². The monoisotopic (exact) mass is 428 g/mol. The first-order valence-corrected chi connectivity index (χ1v) is 11.4. The van der Waals surface area contributed by atoms with Gasteiger partial charge in [-0.15, -0.1) is 0 Å². The number of nitrogens with zero attached hydrogens (tertiary/aromatic N) is 1. The molecular formula is C23H32N4O4. The lowest BCUT2D eigenvalue weighted by atomic mass is 9.77. The molecule has 0 radical (unpaired) electrons. The number of hydrogen-bond donors (Lipinski definition) is 3. The van der Waals surface area contributed by atoms with Crippen molar-refractivity contribution in [1.29, 1.82) is 0 Å². The first kappa shape index (κ1) is 21.6. The van der Waals surface area contributed by atoms with Crippen LogP contribution in [0.3, 0.4) is 0 Å². The van der Waals surface area contributed by atoms with Gasteiger partial charge < -0.3 is 25.6 Å². The van der Waals surface area contributed by atoms with E-state index < -0.39 is 5.60 Å². The van der Waals surface area contributed by atoms with E-state index in [0.29, 0.717) is 49.4 Å². The van der Waals surface area contributed by atoms with Crippen LogP contribution in [0, 0.1) is 6.92 Å². The summed E-state index contributed by atoms with van der Waals surface area (Å²) in [5.74, 6) is 0.368. The van der Waals surface area contributed by atoms with Crippen LogP contribution >= 0.6 is 0 Å². The smallest absolute Gasteiger partial charge is 0.271 e. The van der Waals surface area contributed by atoms with Crippen molar-refractivity contribution in [3.63, 3.8) is 0 Å². The van der Waals surface area contributed by atoms with Crippen LogP contribution in [-0.4, -0.2) is 55.5 Å². The Hall–Kier alpha value is -2.61. The van der Waals surface area contributed by atoms with Crippen molar-refractivity contribution in [1.82, 2.24) is 16.0 Å². The molecule has 1 aliphatic carbocycles. The molecule has 8 heteroatoms. The van der Waals surface area contributed by atoms with Crippen molar-refractivity contribution in [3.8, 4) is 5.75 Å². The van der Waals surface area contributed by atoms with Crippen molar-refractivity contribution in [2.45, 2.75) is 64.0 Å². The highest BCUT2D eigenvalue weighted by atomic mass is 16.5. The normalized spacial score (nSPS) is 21.7. The second kappa shape index (κ2) is 8.86. The van der Waals surface area contributed by atoms with Crippen LogP contribution in [0.15, 0.2) is 12.1 Å². The topological polar surface area (TPSA) is 99.8 Å². The van der Waals surface area contributed by atoms with Gasteiger partial charge in [-0.1, -0.05) is 6.92 Å². The van der Waals surface area contributed by atoms with E-state index >= 15 is 0 Å². The third-order valence-corrected chi connectivity index (χ3v) is 6.55. The predicted molar refractivity (Wildman–Crippen MR) is 117 cm³/mol. The molecule has 2 aliphatic heterocycles. The average Bonchev–Trinajstić information content (AvgIpc) is 2.74. The van der Waals surface area contributed by atoms with Crippen LogP contribution in [0.5, 0.6) is 5.75 Å². The highest BCUT2D eigenvalue weighted by molar-refractivity contribution is 6.05. The molecule has 3 N–H and O–H groups in total. The van der Waals surface area contributed by atoms with Gasteiger partial charge in [0.25, 0.3) is 11.8 Å². The molecule has 2 heterocycles. The maximum absolute atomic E-state index is 13.3. The van der Waals surface area contributed by atoms with Crippen molar-refractivity contribution < 1.29 is 19.1 Å². The lowest BCUT2D eigenvalue weighted by Crippen LogP contribution is -2.61. The van der Waals surface area contributed by atoms with E-state index in [0.717, 1.165) is 37.9 Å². The van der Waals surface area contributed by atoms with Crippen LogP contribution in [0.4, 0.5) is 5.69 Å². The summed E-state index contributed by atoms with van der Waals surface area (Å²) in [5, 5.41) is 9.25. The van der Waals surface area contributed by atoms with E-state index in [4.69, 9.17) is 4.74 Å². The molecule has 3 amide bonds. The number of hydrogen-bond acceptors (Lipinski definition) is 5. The molecule has 4 rings (SSSR count). The van der Waals surface area contributed by atoms with Gasteiger partial charge in [-0.05, 0) is 63.3 Å². The summed E-state index contributed by atoms with van der Waals surface area (Å²) in [6.45, 7) is 6.14. The van der Waals surface area contributed by atoms with Gasteiger partial charge in [0.05, 0.1) is 5.69 Å². The molecule has 168 valence electrons. The standard InChI is InChI=1S/C23H32N4O4/c1-3-20(28)25-10-11-27-18-13-17(21(29)26-16-6-4-9-24-14-16)15(2)12-19(18)31-23(22(27)30)7-5-8-23/h12-13,16,24H,3-11,14H2,1-2H3,(H,25,28)(H,26,29). The molecule has 1 spiro atoms. The van der Waals surface area contributed by atoms with Gasteiger partial charge in [-0.25, -0.2) is 0 Å². The molecule has 1 aromatic carbocycles. The molecular weight excluding hydrogens is 396 g/mol. The van der Waals surface area contributed by atoms with Crippen LogP contribution < -0.4 is 25.6 Å². The Balaban J connectivity index is 1.59. The Morgan fingerprint density at radius 1 is 1.29 bits per heavy atom. The number of carbonyl (C=O) groups is 3. The Bertz CT molecular complexity index is 875. The summed E-state index contributed by atoms with van der Waals surface area (Å²) < 4.78 is 6.19. The van der Waals surface area contributed by atoms with E-state index in [2.05, 4.69) is 16.0 Å². The molecule has 1 saturated heterocycles. The molecule has 31 heavy (non-hydrogen) atoms. The Kier molecular flexibility index (Phi) is 6.18. The number of amides is 3. The predicted octanol–water partition coefficient (Wildman–Crippen LogP) is 1.65. The van der Waals surface area contributed by atoms with Gasteiger partial charge in [0, 0.05) is 37.7 Å². The SMILES string of the molecule is CCC(=O)NCCN1C(=O)C2(CCC2)Oc2cc(C)c(C(=O)NC3CCCNC3)cc21. The number of rotatable bonds is 6. The van der Waals surface area contributed by atoms with Crippen LogP contribution in [0.1, 0.15) is 61.4 Å². The van der Waals surface area contributed by atoms with Crippen molar-refractivity contribution in [2.24, 2.45) is 0 Å². The maximum atomic E-state index is 13.3. The number of benzene rings is 1. The number of piperidine rings is 1. The fourth-order valence-corrected chi connectivity index (χ4v) is 4.52. The summed E-state index contributed by atoms with van der Waals surface area (Å²) in [6.07, 6.45) is 4.73.